The maximum atomic E-state index is 12.8. The number of para-hydroxylation sites is 1. The average molecular weight is 528 g/mol. The Labute approximate surface area is 188 Å². The van der Waals surface area contributed by atoms with Gasteiger partial charge in [0.15, 0.2) is 17.5 Å². The lowest BCUT2D eigenvalue weighted by Crippen LogP contribution is -2.47. The molecule has 0 aliphatic carbocycles. The summed E-state index contributed by atoms with van der Waals surface area (Å²) in [6.07, 6.45) is 0. The third kappa shape index (κ3) is 9.01. The van der Waals surface area contributed by atoms with Crippen LogP contribution in [0.25, 0.3) is 0 Å². The number of rotatable bonds is 10. The van der Waals surface area contributed by atoms with E-state index >= 15 is 0 Å². The molecule has 0 aliphatic heterocycles. The maximum Gasteiger partial charge on any atom is 0.387 e. The first-order chi connectivity index (χ1) is 13.2. The minimum Gasteiger partial charge on any atom is -0.490 e. The summed E-state index contributed by atoms with van der Waals surface area (Å²) in [4.78, 5) is 16.3. The van der Waals surface area contributed by atoms with Gasteiger partial charge >= 0.3 is 6.61 Å². The number of guanidine groups is 1. The van der Waals surface area contributed by atoms with Gasteiger partial charge in [0.1, 0.15) is 0 Å². The van der Waals surface area contributed by atoms with Crippen LogP contribution in [0.3, 0.4) is 0 Å². The van der Waals surface area contributed by atoms with E-state index in [0.29, 0.717) is 31.2 Å². The van der Waals surface area contributed by atoms with E-state index in [1.54, 1.807) is 32.2 Å². The van der Waals surface area contributed by atoms with Crippen molar-refractivity contribution < 1.29 is 23.0 Å². The molecular weight excluding hydrogens is 497 g/mol. The van der Waals surface area contributed by atoms with Gasteiger partial charge in [-0.05, 0) is 33.8 Å². The molecule has 10 heteroatoms. The molecule has 29 heavy (non-hydrogen) atoms. The highest BCUT2D eigenvalue weighted by molar-refractivity contribution is 14.0. The highest BCUT2D eigenvalue weighted by Gasteiger charge is 2.26. The van der Waals surface area contributed by atoms with Gasteiger partial charge in [-0.1, -0.05) is 12.1 Å². The van der Waals surface area contributed by atoms with Crippen molar-refractivity contribution in [3.63, 3.8) is 0 Å². The molecule has 0 saturated heterocycles. The van der Waals surface area contributed by atoms with E-state index < -0.39 is 12.0 Å². The van der Waals surface area contributed by atoms with Crippen molar-refractivity contribution in [1.82, 2.24) is 16.0 Å². The van der Waals surface area contributed by atoms with Crippen LogP contribution in [0.5, 0.6) is 11.5 Å². The fraction of sp³-hybridized carbons (Fsp3) is 0.579. The molecule has 0 aromatic heterocycles. The molecule has 0 bridgehead atoms. The van der Waals surface area contributed by atoms with Crippen molar-refractivity contribution in [3.8, 4) is 11.5 Å². The lowest BCUT2D eigenvalue weighted by Gasteiger charge is -2.24. The van der Waals surface area contributed by atoms with Crippen molar-refractivity contribution in [2.75, 3.05) is 26.7 Å². The third-order valence-electron chi connectivity index (χ3n) is 3.86. The van der Waals surface area contributed by atoms with Crippen molar-refractivity contribution >= 4 is 35.8 Å². The van der Waals surface area contributed by atoms with E-state index in [4.69, 9.17) is 4.74 Å². The van der Waals surface area contributed by atoms with Crippen LogP contribution in [-0.2, 0) is 11.3 Å². The van der Waals surface area contributed by atoms with E-state index in [2.05, 4.69) is 25.7 Å². The predicted octanol–water partition coefficient (Wildman–Crippen LogP) is 3.13. The summed E-state index contributed by atoms with van der Waals surface area (Å²) in [5.41, 5.74) is -0.182. The second-order valence-corrected chi connectivity index (χ2v) is 6.57. The lowest BCUT2D eigenvalue weighted by atomic mass is 9.92. The normalized spacial score (nSPS) is 11.5. The molecule has 0 aliphatic rings. The first kappa shape index (κ1) is 27.1. The van der Waals surface area contributed by atoms with Gasteiger partial charge < -0.3 is 25.4 Å². The number of alkyl halides is 2. The van der Waals surface area contributed by atoms with Gasteiger partial charge in [0, 0.05) is 25.7 Å². The van der Waals surface area contributed by atoms with Crippen LogP contribution in [0.1, 0.15) is 33.3 Å². The summed E-state index contributed by atoms with van der Waals surface area (Å²) in [5, 5.41) is 8.80. The smallest absolute Gasteiger partial charge is 0.387 e. The summed E-state index contributed by atoms with van der Waals surface area (Å²) in [6.45, 7) is 5.68. The number of ether oxygens (including phenoxy) is 2. The van der Waals surface area contributed by atoms with Crippen LogP contribution in [0.4, 0.5) is 8.78 Å². The van der Waals surface area contributed by atoms with Crippen molar-refractivity contribution in [2.24, 2.45) is 10.4 Å². The number of aliphatic imine (C=N–C) groups is 1. The van der Waals surface area contributed by atoms with Crippen molar-refractivity contribution in [2.45, 2.75) is 40.9 Å². The van der Waals surface area contributed by atoms with Crippen molar-refractivity contribution in [1.29, 1.82) is 0 Å². The number of amides is 1. The number of carbonyl (C=O) groups excluding carboxylic acids is 1. The topological polar surface area (TPSA) is 84.0 Å². The largest absolute Gasteiger partial charge is 0.490 e. The average Bonchev–Trinajstić information content (AvgIpc) is 2.65. The van der Waals surface area contributed by atoms with Gasteiger partial charge in [0.2, 0.25) is 5.91 Å². The standard InChI is InChI=1S/C19H30F2N4O3.HI/c1-6-23-18(25-12-19(3,4)16(26)22-5)24-11-13-9-8-10-14(27-7-2)15(13)28-17(20)21;/h8-10,17H,6-7,11-12H2,1-5H3,(H,22,26)(H2,23,24,25);1H. The van der Waals surface area contributed by atoms with Gasteiger partial charge in [-0.15, -0.1) is 24.0 Å². The van der Waals surface area contributed by atoms with Crippen LogP contribution < -0.4 is 25.4 Å². The highest BCUT2D eigenvalue weighted by Crippen LogP contribution is 2.33. The third-order valence-corrected chi connectivity index (χ3v) is 3.86. The lowest BCUT2D eigenvalue weighted by molar-refractivity contribution is -0.128. The Morgan fingerprint density at radius 3 is 2.48 bits per heavy atom. The Hall–Kier alpha value is -1.85. The molecule has 0 radical (unpaired) electrons. The summed E-state index contributed by atoms with van der Waals surface area (Å²) in [6, 6.07) is 4.93. The Balaban J connectivity index is 0.00000784. The number of carbonyl (C=O) groups is 1. The van der Waals surface area contributed by atoms with Crippen LogP contribution in [0.15, 0.2) is 23.2 Å². The quantitative estimate of drug-likeness (QED) is 0.247. The zero-order chi connectivity index (χ0) is 21.2. The second-order valence-electron chi connectivity index (χ2n) is 6.57. The Morgan fingerprint density at radius 2 is 1.93 bits per heavy atom. The second kappa shape index (κ2) is 13.4. The molecule has 0 saturated carbocycles. The van der Waals surface area contributed by atoms with Gasteiger partial charge in [0.25, 0.3) is 0 Å². The molecular formula is C19H31F2IN4O3. The minimum atomic E-state index is -2.97. The number of hydrogen-bond donors (Lipinski definition) is 3. The molecule has 1 rings (SSSR count). The van der Waals surface area contributed by atoms with Gasteiger partial charge in [-0.25, -0.2) is 4.99 Å². The van der Waals surface area contributed by atoms with E-state index in [0.717, 1.165) is 0 Å². The fourth-order valence-corrected chi connectivity index (χ4v) is 2.41. The molecule has 0 unspecified atom stereocenters. The van der Waals surface area contributed by atoms with Crippen LogP contribution in [0.2, 0.25) is 0 Å². The first-order valence-corrected chi connectivity index (χ1v) is 9.19. The molecule has 3 N–H and O–H groups in total. The van der Waals surface area contributed by atoms with E-state index in [9.17, 15) is 13.6 Å². The molecule has 7 nitrogen and oxygen atoms in total. The molecule has 1 aromatic rings. The SMILES string of the molecule is CCNC(=NCc1cccc(OCC)c1OC(F)F)NCC(C)(C)C(=O)NC.I. The monoisotopic (exact) mass is 528 g/mol. The van der Waals surface area contributed by atoms with Crippen LogP contribution >= 0.6 is 24.0 Å². The highest BCUT2D eigenvalue weighted by atomic mass is 127. The molecule has 166 valence electrons. The Bertz CT molecular complexity index is 673. The summed E-state index contributed by atoms with van der Waals surface area (Å²) < 4.78 is 35.7. The summed E-state index contributed by atoms with van der Waals surface area (Å²) >= 11 is 0. The zero-order valence-electron chi connectivity index (χ0n) is 17.5. The molecule has 1 amide bonds. The number of halogens is 3. The molecule has 0 fully saturated rings. The fourth-order valence-electron chi connectivity index (χ4n) is 2.41. The van der Waals surface area contributed by atoms with E-state index in [1.165, 1.54) is 0 Å². The minimum absolute atomic E-state index is 0. The Kier molecular flexibility index (Phi) is 12.5. The number of nitrogens with one attached hydrogen (secondary N) is 3. The molecule has 0 heterocycles. The predicted molar refractivity (Wildman–Crippen MR) is 120 cm³/mol. The van der Waals surface area contributed by atoms with E-state index in [1.807, 2.05) is 20.8 Å². The molecule has 0 spiro atoms. The number of benzene rings is 1. The van der Waals surface area contributed by atoms with Gasteiger partial charge in [-0.3, -0.25) is 4.79 Å². The summed E-state index contributed by atoms with van der Waals surface area (Å²) in [5.74, 6) is 0.580. The molecule has 0 atom stereocenters. The van der Waals surface area contributed by atoms with Crippen molar-refractivity contribution in [3.05, 3.63) is 23.8 Å². The first-order valence-electron chi connectivity index (χ1n) is 9.19. The molecule has 1 aromatic carbocycles. The maximum absolute atomic E-state index is 12.8. The Morgan fingerprint density at radius 1 is 1.24 bits per heavy atom. The van der Waals surface area contributed by atoms with Gasteiger partial charge in [0.05, 0.1) is 18.6 Å². The number of nitrogens with zero attached hydrogens (tertiary/aromatic N) is 1. The zero-order valence-corrected chi connectivity index (χ0v) is 19.8. The summed E-state index contributed by atoms with van der Waals surface area (Å²) in [7, 11) is 1.58. The van der Waals surface area contributed by atoms with Gasteiger partial charge in [-0.2, -0.15) is 8.78 Å². The van der Waals surface area contributed by atoms with Crippen LogP contribution in [0, 0.1) is 5.41 Å². The van der Waals surface area contributed by atoms with E-state index in [-0.39, 0.29) is 47.9 Å². The van der Waals surface area contributed by atoms with Crippen LogP contribution in [-0.4, -0.2) is 45.2 Å². The number of hydrogen-bond acceptors (Lipinski definition) is 4.